The standard InChI is InChI=1S/C14H24N2O3/c1-5-17-14(18-6-2)12-8-7-11(19-12)13-15(3)9-10-16(13)4/h7-8,13-14H,5-6,9-10H2,1-4H3. The molecule has 5 heteroatoms. The zero-order valence-electron chi connectivity index (χ0n) is 12.3. The Kier molecular flexibility index (Phi) is 4.99. The number of nitrogens with zero attached hydrogens (tertiary/aromatic N) is 2. The molecule has 0 amide bonds. The second-order valence-corrected chi connectivity index (χ2v) is 4.82. The Hall–Kier alpha value is -0.880. The van der Waals surface area contributed by atoms with Gasteiger partial charge in [0.2, 0.25) is 6.29 Å². The molecule has 5 nitrogen and oxygen atoms in total. The molecule has 0 spiro atoms. The fourth-order valence-corrected chi connectivity index (χ4v) is 2.48. The zero-order chi connectivity index (χ0) is 13.8. The second-order valence-electron chi connectivity index (χ2n) is 4.82. The molecule has 1 fully saturated rings. The molecule has 108 valence electrons. The summed E-state index contributed by atoms with van der Waals surface area (Å²) in [5.41, 5.74) is 0. The summed E-state index contributed by atoms with van der Waals surface area (Å²) < 4.78 is 17.1. The molecular weight excluding hydrogens is 244 g/mol. The monoisotopic (exact) mass is 268 g/mol. The third-order valence-corrected chi connectivity index (χ3v) is 3.41. The first-order chi connectivity index (χ1) is 9.17. The van der Waals surface area contributed by atoms with Crippen LogP contribution in [0.15, 0.2) is 16.5 Å². The first kappa shape index (κ1) is 14.5. The van der Waals surface area contributed by atoms with Gasteiger partial charge in [-0.1, -0.05) is 0 Å². The number of ether oxygens (including phenoxy) is 2. The first-order valence-electron chi connectivity index (χ1n) is 6.90. The van der Waals surface area contributed by atoms with Gasteiger partial charge in [-0.3, -0.25) is 9.80 Å². The lowest BCUT2D eigenvalue weighted by atomic mass is 10.3. The van der Waals surface area contributed by atoms with Crippen molar-refractivity contribution in [2.75, 3.05) is 40.4 Å². The van der Waals surface area contributed by atoms with Gasteiger partial charge in [-0.25, -0.2) is 0 Å². The van der Waals surface area contributed by atoms with Crippen LogP contribution < -0.4 is 0 Å². The van der Waals surface area contributed by atoms with E-state index in [0.29, 0.717) is 13.2 Å². The highest BCUT2D eigenvalue weighted by Crippen LogP contribution is 2.31. The van der Waals surface area contributed by atoms with Crippen LogP contribution in [-0.4, -0.2) is 50.2 Å². The van der Waals surface area contributed by atoms with Crippen LogP contribution in [0.3, 0.4) is 0 Å². The number of likely N-dealkylation sites (N-methyl/N-ethyl adjacent to an activating group) is 2. The molecule has 0 saturated carbocycles. The van der Waals surface area contributed by atoms with Crippen LogP contribution in [0.4, 0.5) is 0 Å². The van der Waals surface area contributed by atoms with Gasteiger partial charge >= 0.3 is 0 Å². The summed E-state index contributed by atoms with van der Waals surface area (Å²) in [6.07, 6.45) is -0.196. The lowest BCUT2D eigenvalue weighted by Gasteiger charge is -2.22. The average molecular weight is 268 g/mol. The van der Waals surface area contributed by atoms with Gasteiger partial charge in [-0.2, -0.15) is 0 Å². The summed E-state index contributed by atoms with van der Waals surface area (Å²) in [6.45, 7) is 7.21. The van der Waals surface area contributed by atoms with E-state index in [1.807, 2.05) is 26.0 Å². The van der Waals surface area contributed by atoms with Gasteiger partial charge in [-0.05, 0) is 40.1 Å². The minimum atomic E-state index is -0.402. The van der Waals surface area contributed by atoms with Crippen molar-refractivity contribution in [2.24, 2.45) is 0 Å². The topological polar surface area (TPSA) is 38.1 Å². The van der Waals surface area contributed by atoms with Gasteiger partial charge in [-0.15, -0.1) is 0 Å². The van der Waals surface area contributed by atoms with E-state index in [2.05, 4.69) is 23.9 Å². The van der Waals surface area contributed by atoms with Crippen LogP contribution in [0.5, 0.6) is 0 Å². The Labute approximate surface area is 115 Å². The van der Waals surface area contributed by atoms with Crippen molar-refractivity contribution in [1.29, 1.82) is 0 Å². The molecule has 0 unspecified atom stereocenters. The Bertz CT molecular complexity index is 378. The van der Waals surface area contributed by atoms with Crippen molar-refractivity contribution in [2.45, 2.75) is 26.3 Å². The van der Waals surface area contributed by atoms with Crippen molar-refractivity contribution in [3.8, 4) is 0 Å². The SMILES string of the molecule is CCOC(OCC)c1ccc(C2N(C)CCN2C)o1. The number of hydrogen-bond acceptors (Lipinski definition) is 5. The molecule has 0 bridgehead atoms. The van der Waals surface area contributed by atoms with Crippen molar-refractivity contribution < 1.29 is 13.9 Å². The molecule has 0 aliphatic carbocycles. The van der Waals surface area contributed by atoms with Gasteiger partial charge in [0.05, 0.1) is 0 Å². The van der Waals surface area contributed by atoms with E-state index in [1.54, 1.807) is 0 Å². The molecule has 2 rings (SSSR count). The predicted molar refractivity (Wildman–Crippen MR) is 72.7 cm³/mol. The van der Waals surface area contributed by atoms with Crippen LogP contribution in [0.1, 0.15) is 37.8 Å². The Morgan fingerprint density at radius 1 is 1.16 bits per heavy atom. The summed E-state index contributed by atoms with van der Waals surface area (Å²) in [5, 5.41) is 0. The van der Waals surface area contributed by atoms with Gasteiger partial charge in [0.15, 0.2) is 5.76 Å². The maximum absolute atomic E-state index is 5.94. The fourth-order valence-electron chi connectivity index (χ4n) is 2.48. The molecule has 2 heterocycles. The lowest BCUT2D eigenvalue weighted by Crippen LogP contribution is -2.25. The summed E-state index contributed by atoms with van der Waals surface area (Å²) in [5.74, 6) is 1.69. The molecule has 0 radical (unpaired) electrons. The largest absolute Gasteiger partial charge is 0.458 e. The van der Waals surface area contributed by atoms with E-state index >= 15 is 0 Å². The number of rotatable bonds is 6. The molecule has 0 N–H and O–H groups in total. The normalized spacial score (nSPS) is 18.8. The fraction of sp³-hybridized carbons (Fsp3) is 0.714. The lowest BCUT2D eigenvalue weighted by molar-refractivity contribution is -0.151. The molecule has 1 aliphatic rings. The average Bonchev–Trinajstić information content (AvgIpc) is 2.96. The van der Waals surface area contributed by atoms with Crippen molar-refractivity contribution in [1.82, 2.24) is 9.80 Å². The molecule has 0 aromatic carbocycles. The summed E-state index contributed by atoms with van der Waals surface area (Å²) in [7, 11) is 4.22. The Balaban J connectivity index is 2.13. The second kappa shape index (κ2) is 6.52. The van der Waals surface area contributed by atoms with Crippen LogP contribution in [0, 0.1) is 0 Å². The van der Waals surface area contributed by atoms with Crippen molar-refractivity contribution >= 4 is 0 Å². The Morgan fingerprint density at radius 3 is 2.26 bits per heavy atom. The highest BCUT2D eigenvalue weighted by Gasteiger charge is 2.31. The van der Waals surface area contributed by atoms with Gasteiger partial charge < -0.3 is 13.9 Å². The summed E-state index contributed by atoms with van der Waals surface area (Å²) in [4.78, 5) is 4.55. The van der Waals surface area contributed by atoms with Gasteiger partial charge in [0.1, 0.15) is 11.9 Å². The Morgan fingerprint density at radius 2 is 1.74 bits per heavy atom. The van der Waals surface area contributed by atoms with E-state index in [0.717, 1.165) is 24.6 Å². The molecule has 1 aromatic heterocycles. The van der Waals surface area contributed by atoms with E-state index in [9.17, 15) is 0 Å². The first-order valence-corrected chi connectivity index (χ1v) is 6.90. The van der Waals surface area contributed by atoms with Crippen molar-refractivity contribution in [3.05, 3.63) is 23.7 Å². The van der Waals surface area contributed by atoms with Gasteiger partial charge in [0, 0.05) is 26.3 Å². The molecule has 1 aliphatic heterocycles. The molecule has 19 heavy (non-hydrogen) atoms. The smallest absolute Gasteiger partial charge is 0.217 e. The minimum absolute atomic E-state index is 0.206. The highest BCUT2D eigenvalue weighted by atomic mass is 16.7. The number of furan rings is 1. The minimum Gasteiger partial charge on any atom is -0.458 e. The molecule has 1 aromatic rings. The van der Waals surface area contributed by atoms with Crippen LogP contribution in [-0.2, 0) is 9.47 Å². The van der Waals surface area contributed by atoms with Crippen LogP contribution in [0.2, 0.25) is 0 Å². The highest BCUT2D eigenvalue weighted by molar-refractivity contribution is 5.12. The van der Waals surface area contributed by atoms with E-state index in [1.165, 1.54) is 0 Å². The van der Waals surface area contributed by atoms with Crippen molar-refractivity contribution in [3.63, 3.8) is 0 Å². The maximum Gasteiger partial charge on any atom is 0.217 e. The van der Waals surface area contributed by atoms with E-state index in [-0.39, 0.29) is 6.17 Å². The maximum atomic E-state index is 5.94. The summed E-state index contributed by atoms with van der Waals surface area (Å²) in [6, 6.07) is 3.97. The molecule has 0 atom stereocenters. The van der Waals surface area contributed by atoms with E-state index < -0.39 is 6.29 Å². The van der Waals surface area contributed by atoms with Gasteiger partial charge in [0.25, 0.3) is 0 Å². The van der Waals surface area contributed by atoms with Crippen LogP contribution >= 0.6 is 0 Å². The van der Waals surface area contributed by atoms with Crippen LogP contribution in [0.25, 0.3) is 0 Å². The zero-order valence-corrected chi connectivity index (χ0v) is 12.3. The third kappa shape index (κ3) is 3.17. The number of hydrogen-bond donors (Lipinski definition) is 0. The van der Waals surface area contributed by atoms with E-state index in [4.69, 9.17) is 13.9 Å². The predicted octanol–water partition coefficient (Wildman–Crippen LogP) is 2.23. The summed E-state index contributed by atoms with van der Waals surface area (Å²) >= 11 is 0. The third-order valence-electron chi connectivity index (χ3n) is 3.41. The molecule has 1 saturated heterocycles. The quantitative estimate of drug-likeness (QED) is 0.740. The molecular formula is C14H24N2O3.